The normalized spacial score (nSPS) is 11.9. The molecule has 1 atom stereocenters. The van der Waals surface area contributed by atoms with Crippen molar-refractivity contribution in [3.05, 3.63) is 36.0 Å². The Bertz CT molecular complexity index is 577. The number of carbonyl (C=O) groups excluding carboxylic acids is 1. The van der Waals surface area contributed by atoms with Crippen molar-refractivity contribution in [2.45, 2.75) is 33.2 Å². The summed E-state index contributed by atoms with van der Waals surface area (Å²) in [5.41, 5.74) is 1.70. The van der Waals surface area contributed by atoms with E-state index in [1.165, 1.54) is 0 Å². The van der Waals surface area contributed by atoms with Crippen LogP contribution in [0.1, 0.15) is 38.1 Å². The van der Waals surface area contributed by atoms with Gasteiger partial charge in [0.2, 0.25) is 17.7 Å². The minimum Gasteiger partial charge on any atom is -0.423 e. The van der Waals surface area contributed by atoms with E-state index in [1.807, 2.05) is 38.1 Å². The maximum atomic E-state index is 11.3. The first-order valence-electron chi connectivity index (χ1n) is 6.55. The first-order chi connectivity index (χ1) is 9.58. The molecule has 0 radical (unpaired) electrons. The van der Waals surface area contributed by atoms with E-state index in [-0.39, 0.29) is 11.9 Å². The van der Waals surface area contributed by atoms with Crippen molar-refractivity contribution in [2.24, 2.45) is 0 Å². The number of aryl methyl sites for hydroxylation is 1. The van der Waals surface area contributed by atoms with Crippen molar-refractivity contribution in [1.29, 1.82) is 0 Å². The van der Waals surface area contributed by atoms with Crippen LogP contribution >= 0.6 is 0 Å². The smallest absolute Gasteiger partial charge is 0.238 e. The van der Waals surface area contributed by atoms with Crippen LogP contribution in [0.5, 0.6) is 0 Å². The number of rotatable bonds is 5. The SMILES string of the molecule is CCC(=O)Nc1ccc(NC(C)c2nnc(C)o2)cc1. The van der Waals surface area contributed by atoms with Crippen LogP contribution in [-0.2, 0) is 4.79 Å². The molecule has 0 aliphatic rings. The standard InChI is InChI=1S/C14H18N4O2/c1-4-13(19)16-12-7-5-11(6-8-12)15-9(2)14-18-17-10(3)20-14/h5-9,15H,4H2,1-3H3,(H,16,19). The zero-order valence-electron chi connectivity index (χ0n) is 11.8. The molecule has 0 aliphatic carbocycles. The maximum Gasteiger partial charge on any atom is 0.238 e. The highest BCUT2D eigenvalue weighted by Crippen LogP contribution is 2.20. The van der Waals surface area contributed by atoms with Crippen molar-refractivity contribution < 1.29 is 9.21 Å². The Morgan fingerprint density at radius 3 is 2.45 bits per heavy atom. The van der Waals surface area contributed by atoms with Gasteiger partial charge < -0.3 is 15.1 Å². The van der Waals surface area contributed by atoms with Gasteiger partial charge in [-0.05, 0) is 31.2 Å². The molecule has 2 N–H and O–H groups in total. The van der Waals surface area contributed by atoms with Crippen molar-refractivity contribution >= 4 is 17.3 Å². The van der Waals surface area contributed by atoms with E-state index in [4.69, 9.17) is 4.42 Å². The topological polar surface area (TPSA) is 80.0 Å². The molecule has 0 fully saturated rings. The Morgan fingerprint density at radius 1 is 1.25 bits per heavy atom. The molecular weight excluding hydrogens is 256 g/mol. The van der Waals surface area contributed by atoms with Gasteiger partial charge in [-0.25, -0.2) is 0 Å². The molecule has 2 aromatic rings. The first-order valence-corrected chi connectivity index (χ1v) is 6.55. The van der Waals surface area contributed by atoms with Crippen molar-refractivity contribution in [3.63, 3.8) is 0 Å². The Kier molecular flexibility index (Phi) is 4.34. The summed E-state index contributed by atoms with van der Waals surface area (Å²) >= 11 is 0. The molecule has 0 spiro atoms. The van der Waals surface area contributed by atoms with Crippen LogP contribution in [0.4, 0.5) is 11.4 Å². The van der Waals surface area contributed by atoms with Crippen LogP contribution in [0.25, 0.3) is 0 Å². The molecule has 0 saturated heterocycles. The second-order valence-corrected chi connectivity index (χ2v) is 4.50. The number of anilines is 2. The van der Waals surface area contributed by atoms with E-state index in [0.29, 0.717) is 18.2 Å². The van der Waals surface area contributed by atoms with Gasteiger partial charge in [-0.2, -0.15) is 0 Å². The second-order valence-electron chi connectivity index (χ2n) is 4.50. The summed E-state index contributed by atoms with van der Waals surface area (Å²) in [6.45, 7) is 5.52. The number of carbonyl (C=O) groups is 1. The molecule has 6 heteroatoms. The predicted molar refractivity (Wildman–Crippen MR) is 76.4 cm³/mol. The Hall–Kier alpha value is -2.37. The minimum absolute atomic E-state index is 0.000382. The number of hydrogen-bond acceptors (Lipinski definition) is 5. The lowest BCUT2D eigenvalue weighted by Gasteiger charge is -2.12. The lowest BCUT2D eigenvalue weighted by molar-refractivity contribution is -0.115. The third kappa shape index (κ3) is 3.57. The van der Waals surface area contributed by atoms with Gasteiger partial charge >= 0.3 is 0 Å². The number of hydrogen-bond donors (Lipinski definition) is 2. The van der Waals surface area contributed by atoms with E-state index >= 15 is 0 Å². The van der Waals surface area contributed by atoms with Gasteiger partial charge in [-0.3, -0.25) is 4.79 Å². The quantitative estimate of drug-likeness (QED) is 0.876. The van der Waals surface area contributed by atoms with Gasteiger partial charge in [0.1, 0.15) is 6.04 Å². The lowest BCUT2D eigenvalue weighted by Crippen LogP contribution is -2.10. The molecule has 0 aliphatic heterocycles. The van der Waals surface area contributed by atoms with E-state index < -0.39 is 0 Å². The fourth-order valence-corrected chi connectivity index (χ4v) is 1.70. The minimum atomic E-state index is -0.0766. The van der Waals surface area contributed by atoms with Crippen molar-refractivity contribution in [2.75, 3.05) is 10.6 Å². The van der Waals surface area contributed by atoms with Crippen LogP contribution in [0, 0.1) is 6.92 Å². The predicted octanol–water partition coefficient (Wildman–Crippen LogP) is 2.90. The number of nitrogens with zero attached hydrogens (tertiary/aromatic N) is 2. The largest absolute Gasteiger partial charge is 0.423 e. The molecule has 20 heavy (non-hydrogen) atoms. The van der Waals surface area contributed by atoms with E-state index in [0.717, 1.165) is 11.4 Å². The molecular formula is C14H18N4O2. The van der Waals surface area contributed by atoms with Crippen LogP contribution in [-0.4, -0.2) is 16.1 Å². The second kappa shape index (κ2) is 6.18. The van der Waals surface area contributed by atoms with Gasteiger partial charge in [0.15, 0.2) is 0 Å². The zero-order valence-corrected chi connectivity index (χ0v) is 11.8. The summed E-state index contributed by atoms with van der Waals surface area (Å²) < 4.78 is 5.37. The van der Waals surface area contributed by atoms with E-state index in [2.05, 4.69) is 20.8 Å². The lowest BCUT2D eigenvalue weighted by atomic mass is 10.2. The zero-order chi connectivity index (χ0) is 14.5. The molecule has 0 saturated carbocycles. The Morgan fingerprint density at radius 2 is 1.90 bits per heavy atom. The fourth-order valence-electron chi connectivity index (χ4n) is 1.70. The molecule has 1 amide bonds. The maximum absolute atomic E-state index is 11.3. The van der Waals surface area contributed by atoms with E-state index in [1.54, 1.807) is 6.92 Å². The fraction of sp³-hybridized carbons (Fsp3) is 0.357. The third-order valence-corrected chi connectivity index (χ3v) is 2.79. The molecule has 1 unspecified atom stereocenters. The van der Waals surface area contributed by atoms with Gasteiger partial charge in [-0.1, -0.05) is 6.92 Å². The van der Waals surface area contributed by atoms with Crippen molar-refractivity contribution in [3.8, 4) is 0 Å². The highest BCUT2D eigenvalue weighted by Gasteiger charge is 2.12. The highest BCUT2D eigenvalue weighted by molar-refractivity contribution is 5.90. The molecule has 0 bridgehead atoms. The molecule has 1 aromatic heterocycles. The summed E-state index contributed by atoms with van der Waals surface area (Å²) in [4.78, 5) is 11.3. The average Bonchev–Trinajstić information content (AvgIpc) is 2.87. The van der Waals surface area contributed by atoms with Gasteiger partial charge in [0.25, 0.3) is 0 Å². The van der Waals surface area contributed by atoms with E-state index in [9.17, 15) is 4.79 Å². The van der Waals surface area contributed by atoms with Crippen LogP contribution in [0.3, 0.4) is 0 Å². The molecule has 106 valence electrons. The third-order valence-electron chi connectivity index (χ3n) is 2.79. The number of nitrogens with one attached hydrogen (secondary N) is 2. The Labute approximate surface area is 117 Å². The van der Waals surface area contributed by atoms with Crippen LogP contribution in [0.2, 0.25) is 0 Å². The van der Waals surface area contributed by atoms with Crippen LogP contribution < -0.4 is 10.6 Å². The van der Waals surface area contributed by atoms with Gasteiger partial charge in [0, 0.05) is 24.7 Å². The molecule has 6 nitrogen and oxygen atoms in total. The average molecular weight is 274 g/mol. The summed E-state index contributed by atoms with van der Waals surface area (Å²) in [6, 6.07) is 7.41. The number of benzene rings is 1. The monoisotopic (exact) mass is 274 g/mol. The molecule has 1 aromatic carbocycles. The van der Waals surface area contributed by atoms with Gasteiger partial charge in [-0.15, -0.1) is 10.2 Å². The highest BCUT2D eigenvalue weighted by atomic mass is 16.4. The van der Waals surface area contributed by atoms with Gasteiger partial charge in [0.05, 0.1) is 0 Å². The summed E-state index contributed by atoms with van der Waals surface area (Å²) in [5.74, 6) is 1.09. The number of amides is 1. The summed E-state index contributed by atoms with van der Waals surface area (Å²) in [7, 11) is 0. The number of aromatic nitrogens is 2. The summed E-state index contributed by atoms with van der Waals surface area (Å²) in [5, 5.41) is 13.8. The summed E-state index contributed by atoms with van der Waals surface area (Å²) in [6.07, 6.45) is 0.466. The first kappa shape index (κ1) is 14.0. The molecule has 2 rings (SSSR count). The molecule has 1 heterocycles. The Balaban J connectivity index is 1.98. The van der Waals surface area contributed by atoms with Crippen LogP contribution in [0.15, 0.2) is 28.7 Å². The van der Waals surface area contributed by atoms with Crippen molar-refractivity contribution in [1.82, 2.24) is 10.2 Å².